The number of hydrogen-bond donors (Lipinski definition) is 2. The molecule has 0 saturated heterocycles. The van der Waals surface area contributed by atoms with Gasteiger partial charge in [-0.2, -0.15) is 0 Å². The van der Waals surface area contributed by atoms with Gasteiger partial charge in [0.2, 0.25) is 0 Å². The van der Waals surface area contributed by atoms with Crippen LogP contribution in [0, 0.1) is 0 Å². The molecule has 0 saturated carbocycles. The summed E-state index contributed by atoms with van der Waals surface area (Å²) >= 11 is 0. The average molecular weight is 217 g/mol. The van der Waals surface area contributed by atoms with Crippen molar-refractivity contribution in [3.05, 3.63) is 12.2 Å². The van der Waals surface area contributed by atoms with Crippen LogP contribution in [0.5, 0.6) is 0 Å². The van der Waals surface area contributed by atoms with Gasteiger partial charge >= 0.3 is 5.97 Å². The maximum absolute atomic E-state index is 11.1. The smallest absolute Gasteiger partial charge is 0.334 e. The van der Waals surface area contributed by atoms with Crippen LogP contribution in [-0.2, 0) is 14.3 Å². The summed E-state index contributed by atoms with van der Waals surface area (Å²) in [6.45, 7) is 7.55. The first-order valence-corrected chi connectivity index (χ1v) is 4.96. The van der Waals surface area contributed by atoms with Crippen molar-refractivity contribution in [1.82, 2.24) is 5.32 Å². The first-order chi connectivity index (χ1) is 7.22. The van der Waals surface area contributed by atoms with Gasteiger partial charge in [0, 0.05) is 18.7 Å². The molecule has 88 valence electrons. The van der Waals surface area contributed by atoms with Gasteiger partial charge in [0.25, 0.3) is 0 Å². The predicted octanol–water partition coefficient (Wildman–Crippen LogP) is -0.296. The minimum atomic E-state index is -0.374. The molecule has 0 aliphatic rings. The van der Waals surface area contributed by atoms with Gasteiger partial charge in [0.1, 0.15) is 0 Å². The number of rotatable bonds is 9. The lowest BCUT2D eigenvalue weighted by atomic mass is 10.3. The SMILES string of the molecule is C=C(CNCCOCCO)C(=O)OCC. The highest BCUT2D eigenvalue weighted by atomic mass is 16.5. The van der Waals surface area contributed by atoms with Gasteiger partial charge in [-0.1, -0.05) is 6.58 Å². The van der Waals surface area contributed by atoms with Gasteiger partial charge in [0.05, 0.1) is 26.4 Å². The maximum Gasteiger partial charge on any atom is 0.334 e. The molecule has 15 heavy (non-hydrogen) atoms. The Bertz CT molecular complexity index is 194. The van der Waals surface area contributed by atoms with Crippen molar-refractivity contribution in [2.45, 2.75) is 6.92 Å². The van der Waals surface area contributed by atoms with Crippen molar-refractivity contribution in [3.63, 3.8) is 0 Å². The van der Waals surface area contributed by atoms with Crippen LogP contribution >= 0.6 is 0 Å². The van der Waals surface area contributed by atoms with Crippen LogP contribution in [0.25, 0.3) is 0 Å². The Hall–Kier alpha value is -0.910. The highest BCUT2D eigenvalue weighted by Crippen LogP contribution is 1.92. The third-order valence-electron chi connectivity index (χ3n) is 1.56. The van der Waals surface area contributed by atoms with Gasteiger partial charge in [-0.3, -0.25) is 0 Å². The molecule has 0 aliphatic carbocycles. The van der Waals surface area contributed by atoms with Gasteiger partial charge < -0.3 is 19.9 Å². The number of hydrogen-bond acceptors (Lipinski definition) is 5. The molecule has 5 heteroatoms. The summed E-state index contributed by atoms with van der Waals surface area (Å²) in [5.74, 6) is -0.374. The topological polar surface area (TPSA) is 67.8 Å². The molecule has 0 amide bonds. The van der Waals surface area contributed by atoms with E-state index in [0.29, 0.717) is 38.5 Å². The summed E-state index contributed by atoms with van der Waals surface area (Å²) in [5, 5.41) is 11.4. The maximum atomic E-state index is 11.1. The fourth-order valence-electron chi connectivity index (χ4n) is 0.856. The van der Waals surface area contributed by atoms with Crippen molar-refractivity contribution in [2.24, 2.45) is 0 Å². The second kappa shape index (κ2) is 9.64. The highest BCUT2D eigenvalue weighted by Gasteiger charge is 2.05. The van der Waals surface area contributed by atoms with Crippen LogP contribution in [0.3, 0.4) is 0 Å². The van der Waals surface area contributed by atoms with Crippen LogP contribution in [-0.4, -0.2) is 50.6 Å². The Morgan fingerprint density at radius 2 is 2.20 bits per heavy atom. The summed E-state index contributed by atoms with van der Waals surface area (Å²) in [4.78, 5) is 11.1. The van der Waals surface area contributed by atoms with E-state index in [0.717, 1.165) is 0 Å². The largest absolute Gasteiger partial charge is 0.463 e. The molecular formula is C10H19NO4. The number of carbonyl (C=O) groups is 1. The quantitative estimate of drug-likeness (QED) is 0.315. The van der Waals surface area contributed by atoms with Crippen LogP contribution < -0.4 is 5.32 Å². The average Bonchev–Trinajstić information content (AvgIpc) is 2.23. The number of carbonyl (C=O) groups excluding carboxylic acids is 1. The molecule has 5 nitrogen and oxygen atoms in total. The monoisotopic (exact) mass is 217 g/mol. The van der Waals surface area contributed by atoms with Crippen molar-refractivity contribution < 1.29 is 19.4 Å². The molecule has 0 atom stereocenters. The van der Waals surface area contributed by atoms with Crippen LogP contribution in [0.15, 0.2) is 12.2 Å². The van der Waals surface area contributed by atoms with Crippen LogP contribution in [0.4, 0.5) is 0 Å². The molecule has 2 N–H and O–H groups in total. The van der Waals surface area contributed by atoms with Crippen LogP contribution in [0.1, 0.15) is 6.92 Å². The minimum Gasteiger partial charge on any atom is -0.463 e. The molecule has 0 aromatic heterocycles. The van der Waals surface area contributed by atoms with E-state index in [4.69, 9.17) is 14.6 Å². The minimum absolute atomic E-state index is 0.0233. The molecule has 0 heterocycles. The van der Waals surface area contributed by atoms with Crippen molar-refractivity contribution in [1.29, 1.82) is 0 Å². The van der Waals surface area contributed by atoms with E-state index in [9.17, 15) is 4.79 Å². The van der Waals surface area contributed by atoms with E-state index in [1.807, 2.05) is 0 Å². The number of nitrogens with one attached hydrogen (secondary N) is 1. The molecule has 0 rings (SSSR count). The van der Waals surface area contributed by atoms with Crippen molar-refractivity contribution in [2.75, 3.05) is 39.5 Å². The third kappa shape index (κ3) is 8.11. The summed E-state index contributed by atoms with van der Waals surface area (Å²) in [6.07, 6.45) is 0. The number of aliphatic hydroxyl groups excluding tert-OH is 1. The van der Waals surface area contributed by atoms with E-state index >= 15 is 0 Å². The zero-order chi connectivity index (χ0) is 11.5. The number of aliphatic hydroxyl groups is 1. The van der Waals surface area contributed by atoms with Gasteiger partial charge in [-0.25, -0.2) is 4.79 Å². The molecular weight excluding hydrogens is 198 g/mol. The fraction of sp³-hybridized carbons (Fsp3) is 0.700. The van der Waals surface area contributed by atoms with E-state index in [1.54, 1.807) is 6.92 Å². The zero-order valence-electron chi connectivity index (χ0n) is 9.12. The molecule has 0 radical (unpaired) electrons. The van der Waals surface area contributed by atoms with E-state index in [-0.39, 0.29) is 12.6 Å². The summed E-state index contributed by atoms with van der Waals surface area (Å²) in [5.41, 5.74) is 0.402. The van der Waals surface area contributed by atoms with Crippen LogP contribution in [0.2, 0.25) is 0 Å². The molecule has 0 fully saturated rings. The number of ether oxygens (including phenoxy) is 2. The first kappa shape index (κ1) is 14.1. The number of esters is 1. The first-order valence-electron chi connectivity index (χ1n) is 4.96. The zero-order valence-corrected chi connectivity index (χ0v) is 9.12. The molecule has 0 aromatic carbocycles. The lowest BCUT2D eigenvalue weighted by Crippen LogP contribution is -2.25. The Labute approximate surface area is 90.1 Å². The molecule has 0 spiro atoms. The second-order valence-corrected chi connectivity index (χ2v) is 2.84. The van der Waals surface area contributed by atoms with Gasteiger partial charge in [-0.05, 0) is 6.92 Å². The highest BCUT2D eigenvalue weighted by molar-refractivity contribution is 5.88. The van der Waals surface area contributed by atoms with Crippen molar-refractivity contribution >= 4 is 5.97 Å². The predicted molar refractivity (Wildman–Crippen MR) is 56.5 cm³/mol. The lowest BCUT2D eigenvalue weighted by Gasteiger charge is -2.07. The Morgan fingerprint density at radius 1 is 1.47 bits per heavy atom. The Morgan fingerprint density at radius 3 is 2.80 bits per heavy atom. The molecule has 0 aromatic rings. The Kier molecular flexibility index (Phi) is 9.05. The summed E-state index contributed by atoms with van der Waals surface area (Å²) < 4.78 is 9.77. The third-order valence-corrected chi connectivity index (χ3v) is 1.56. The standard InChI is InChI=1S/C10H19NO4/c1-3-15-10(13)9(2)8-11-4-6-14-7-5-12/h11-12H,2-8H2,1H3. The lowest BCUT2D eigenvalue weighted by molar-refractivity contribution is -0.138. The molecule has 0 unspecified atom stereocenters. The van der Waals surface area contributed by atoms with Crippen molar-refractivity contribution in [3.8, 4) is 0 Å². The van der Waals surface area contributed by atoms with Gasteiger partial charge in [-0.15, -0.1) is 0 Å². The van der Waals surface area contributed by atoms with Gasteiger partial charge in [0.15, 0.2) is 0 Å². The van der Waals surface area contributed by atoms with E-state index in [1.165, 1.54) is 0 Å². The second-order valence-electron chi connectivity index (χ2n) is 2.84. The van der Waals surface area contributed by atoms with E-state index < -0.39 is 0 Å². The molecule has 0 bridgehead atoms. The van der Waals surface area contributed by atoms with E-state index in [2.05, 4.69) is 11.9 Å². The Balaban J connectivity index is 3.35. The fourth-order valence-corrected chi connectivity index (χ4v) is 0.856. The summed E-state index contributed by atoms with van der Waals surface area (Å²) in [6, 6.07) is 0. The summed E-state index contributed by atoms with van der Waals surface area (Å²) in [7, 11) is 0. The molecule has 0 aliphatic heterocycles. The normalized spacial score (nSPS) is 10.0.